The molecule has 0 spiro atoms. The number of hydrogen-bond donors (Lipinski definition) is 0. The highest BCUT2D eigenvalue weighted by atomic mass is 14.3. The van der Waals surface area contributed by atoms with Gasteiger partial charge in [-0.25, -0.2) is 0 Å². The summed E-state index contributed by atoms with van der Waals surface area (Å²) in [6, 6.07) is 58.0. The SMILES string of the molecule is Cc1ccc2cccc3c2c1-c1cc(-c2cc4c(cc5c6ccccc6c6cccc4c65)c4cc5c(cc24)c2cccc4cccc5c42)ccc1-3. The molecule has 232 valence electrons. The van der Waals surface area contributed by atoms with Crippen molar-refractivity contribution >= 4 is 97.0 Å². The van der Waals surface area contributed by atoms with Crippen LogP contribution < -0.4 is 0 Å². The van der Waals surface area contributed by atoms with Gasteiger partial charge in [0, 0.05) is 0 Å². The molecular weight excluding hydrogens is 613 g/mol. The summed E-state index contributed by atoms with van der Waals surface area (Å²) in [6.07, 6.45) is 0. The number of hydrogen-bond acceptors (Lipinski definition) is 0. The Morgan fingerprint density at radius 1 is 0.275 bits per heavy atom. The van der Waals surface area contributed by atoms with Gasteiger partial charge in [-0.2, -0.15) is 0 Å². The molecule has 0 saturated carbocycles. The van der Waals surface area contributed by atoms with Gasteiger partial charge in [-0.1, -0.05) is 121 Å². The van der Waals surface area contributed by atoms with E-state index in [1.165, 1.54) is 136 Å². The zero-order chi connectivity index (χ0) is 33.1. The average Bonchev–Trinajstić information content (AvgIpc) is 3.80. The topological polar surface area (TPSA) is 0 Å². The highest BCUT2D eigenvalue weighted by Crippen LogP contribution is 2.52. The molecule has 0 atom stereocenters. The average molecular weight is 641 g/mol. The smallest absolute Gasteiger partial charge is 0.00199 e. The minimum Gasteiger partial charge on any atom is -0.0616 e. The van der Waals surface area contributed by atoms with Crippen LogP contribution in [0.15, 0.2) is 152 Å². The van der Waals surface area contributed by atoms with E-state index in [9.17, 15) is 0 Å². The number of benzene rings is 10. The van der Waals surface area contributed by atoms with Crippen LogP contribution in [0.2, 0.25) is 0 Å². The fourth-order valence-corrected chi connectivity index (χ4v) is 10.2. The first kappa shape index (κ1) is 26.4. The Kier molecular flexibility index (Phi) is 4.65. The van der Waals surface area contributed by atoms with Gasteiger partial charge in [-0.05, 0) is 173 Å². The fourth-order valence-electron chi connectivity index (χ4n) is 10.2. The zero-order valence-electron chi connectivity index (χ0n) is 27.9. The molecule has 51 heavy (non-hydrogen) atoms. The number of fused-ring (bicyclic) bond motifs is 13. The Hall–Kier alpha value is -6.50. The summed E-state index contributed by atoms with van der Waals surface area (Å²) in [4.78, 5) is 0. The molecule has 0 radical (unpaired) electrons. The molecule has 13 rings (SSSR count). The molecule has 0 saturated heterocycles. The maximum atomic E-state index is 2.52. The molecular formula is C51H28. The Labute approximate surface area is 293 Å². The monoisotopic (exact) mass is 640 g/mol. The molecule has 1 aliphatic rings. The summed E-state index contributed by atoms with van der Waals surface area (Å²) >= 11 is 0. The highest BCUT2D eigenvalue weighted by Gasteiger charge is 2.25. The van der Waals surface area contributed by atoms with Gasteiger partial charge in [-0.15, -0.1) is 0 Å². The Balaban J connectivity index is 1.22. The highest BCUT2D eigenvalue weighted by molar-refractivity contribution is 6.39. The second-order valence-corrected chi connectivity index (χ2v) is 14.8. The molecule has 0 aromatic heterocycles. The van der Waals surface area contributed by atoms with Gasteiger partial charge in [0.25, 0.3) is 0 Å². The van der Waals surface area contributed by atoms with E-state index in [-0.39, 0.29) is 0 Å². The molecule has 1 aliphatic carbocycles. The van der Waals surface area contributed by atoms with Crippen molar-refractivity contribution < 1.29 is 0 Å². The summed E-state index contributed by atoms with van der Waals surface area (Å²) in [5, 5.41) is 24.1. The van der Waals surface area contributed by atoms with Crippen LogP contribution in [0.25, 0.3) is 130 Å². The fraction of sp³-hybridized carbons (Fsp3) is 0.0196. The summed E-state index contributed by atoms with van der Waals surface area (Å²) in [5.41, 5.74) is 9.32. The van der Waals surface area contributed by atoms with Crippen molar-refractivity contribution in [2.24, 2.45) is 0 Å². The Morgan fingerprint density at radius 2 is 0.824 bits per heavy atom. The van der Waals surface area contributed by atoms with Crippen molar-refractivity contribution in [3.63, 3.8) is 0 Å². The molecule has 0 aliphatic heterocycles. The predicted molar refractivity (Wildman–Crippen MR) is 221 cm³/mol. The number of rotatable bonds is 1. The molecule has 0 unspecified atom stereocenters. The molecule has 0 nitrogen and oxygen atoms in total. The van der Waals surface area contributed by atoms with Crippen LogP contribution in [-0.2, 0) is 0 Å². The lowest BCUT2D eigenvalue weighted by Gasteiger charge is -2.16. The molecule has 0 amide bonds. The molecule has 12 aromatic rings. The van der Waals surface area contributed by atoms with Crippen molar-refractivity contribution in [2.75, 3.05) is 0 Å². The lowest BCUT2D eigenvalue weighted by molar-refractivity contribution is 1.51. The van der Waals surface area contributed by atoms with Gasteiger partial charge in [0.15, 0.2) is 0 Å². The van der Waals surface area contributed by atoms with E-state index < -0.39 is 0 Å². The van der Waals surface area contributed by atoms with Gasteiger partial charge >= 0.3 is 0 Å². The third-order valence-corrected chi connectivity index (χ3v) is 12.4. The standard InChI is InChI=1S/C51H28/c1-27-18-19-29-10-6-13-34-33-21-20-30(22-46(33)48(27)50(29)34)39-23-40-38-17-7-16-35-31-11-2-3-12-32(31)47(51(35)38)26-45(40)44-25-42-37-15-5-9-28-8-4-14-36(49(28)37)41(42)24-43(39)44/h2-26H,1H3. The minimum absolute atomic E-state index is 1.27. The number of aryl methyl sites for hydroxylation is 1. The maximum Gasteiger partial charge on any atom is -0.00199 e. The van der Waals surface area contributed by atoms with Crippen LogP contribution in [0.1, 0.15) is 5.56 Å². The van der Waals surface area contributed by atoms with Crippen LogP contribution in [0, 0.1) is 6.92 Å². The summed E-state index contributed by atoms with van der Waals surface area (Å²) < 4.78 is 0. The van der Waals surface area contributed by atoms with Gasteiger partial charge in [0.1, 0.15) is 0 Å². The van der Waals surface area contributed by atoms with Gasteiger partial charge in [-0.3, -0.25) is 0 Å². The molecule has 0 heterocycles. The predicted octanol–water partition coefficient (Wildman–Crippen LogP) is 14.6. The van der Waals surface area contributed by atoms with Crippen LogP contribution >= 0.6 is 0 Å². The van der Waals surface area contributed by atoms with Gasteiger partial charge in [0.2, 0.25) is 0 Å². The maximum absolute atomic E-state index is 2.52. The van der Waals surface area contributed by atoms with E-state index in [2.05, 4.69) is 159 Å². The van der Waals surface area contributed by atoms with Crippen molar-refractivity contribution in [3.8, 4) is 33.4 Å². The second-order valence-electron chi connectivity index (χ2n) is 14.8. The van der Waals surface area contributed by atoms with E-state index >= 15 is 0 Å². The normalized spacial score (nSPS) is 12.8. The first-order chi connectivity index (χ1) is 25.2. The molecule has 0 heteroatoms. The first-order valence-electron chi connectivity index (χ1n) is 18.0. The lowest BCUT2D eigenvalue weighted by Crippen LogP contribution is -1.89. The first-order valence-corrected chi connectivity index (χ1v) is 18.0. The van der Waals surface area contributed by atoms with Gasteiger partial charge < -0.3 is 0 Å². The van der Waals surface area contributed by atoms with Crippen LogP contribution in [0.4, 0.5) is 0 Å². The Morgan fingerprint density at radius 3 is 1.61 bits per heavy atom. The van der Waals surface area contributed by atoms with E-state index in [0.717, 1.165) is 0 Å². The van der Waals surface area contributed by atoms with E-state index in [1.54, 1.807) is 0 Å². The summed E-state index contributed by atoms with van der Waals surface area (Å²) in [5.74, 6) is 0. The van der Waals surface area contributed by atoms with Crippen molar-refractivity contribution in [1.29, 1.82) is 0 Å². The van der Waals surface area contributed by atoms with Gasteiger partial charge in [0.05, 0.1) is 0 Å². The third-order valence-electron chi connectivity index (χ3n) is 12.4. The van der Waals surface area contributed by atoms with Crippen molar-refractivity contribution in [1.82, 2.24) is 0 Å². The minimum atomic E-state index is 1.27. The van der Waals surface area contributed by atoms with Crippen LogP contribution in [0.3, 0.4) is 0 Å². The van der Waals surface area contributed by atoms with Crippen LogP contribution in [-0.4, -0.2) is 0 Å². The largest absolute Gasteiger partial charge is 0.0616 e. The lowest BCUT2D eigenvalue weighted by atomic mass is 9.87. The second kappa shape index (κ2) is 8.99. The molecule has 0 bridgehead atoms. The quantitative estimate of drug-likeness (QED) is 0.157. The van der Waals surface area contributed by atoms with Crippen molar-refractivity contribution in [2.45, 2.75) is 6.92 Å². The summed E-state index contributed by atoms with van der Waals surface area (Å²) in [6.45, 7) is 2.26. The van der Waals surface area contributed by atoms with E-state index in [0.29, 0.717) is 0 Å². The Bertz CT molecular complexity index is 3520. The van der Waals surface area contributed by atoms with E-state index in [1.807, 2.05) is 0 Å². The molecule has 12 aromatic carbocycles. The van der Waals surface area contributed by atoms with E-state index in [4.69, 9.17) is 0 Å². The molecule has 0 fully saturated rings. The molecule has 0 N–H and O–H groups in total. The third kappa shape index (κ3) is 3.14. The summed E-state index contributed by atoms with van der Waals surface area (Å²) in [7, 11) is 0. The van der Waals surface area contributed by atoms with Crippen LogP contribution in [0.5, 0.6) is 0 Å². The zero-order valence-corrected chi connectivity index (χ0v) is 27.9. The van der Waals surface area contributed by atoms with Crippen molar-refractivity contribution in [3.05, 3.63) is 157 Å².